The van der Waals surface area contributed by atoms with Crippen molar-refractivity contribution in [2.24, 2.45) is 50.2 Å². The normalized spacial score (nSPS) is 49.2. The predicted octanol–water partition coefficient (Wildman–Crippen LogP) is 3.03. The number of fused-ring (bicyclic) bond motifs is 7. The van der Waals surface area contributed by atoms with Gasteiger partial charge in [-0.05, 0) is 92.8 Å². The molecule has 0 aromatic rings. The monoisotopic (exact) mass is 806 g/mol. The van der Waals surface area contributed by atoms with E-state index in [1.165, 1.54) is 6.92 Å². The molecule has 0 spiro atoms. The van der Waals surface area contributed by atoms with Crippen LogP contribution < -0.4 is 0 Å². The summed E-state index contributed by atoms with van der Waals surface area (Å²) in [5.74, 6) is -3.06. The fraction of sp³-hybridized carbons (Fsp3) is 0.837. The molecule has 0 radical (unpaired) electrons. The highest BCUT2D eigenvalue weighted by molar-refractivity contribution is 5.87. The van der Waals surface area contributed by atoms with Crippen LogP contribution in [0.2, 0.25) is 0 Å². The molecule has 0 amide bonds. The van der Waals surface area contributed by atoms with E-state index >= 15 is 0 Å². The second-order valence-electron chi connectivity index (χ2n) is 19.9. The summed E-state index contributed by atoms with van der Waals surface area (Å²) < 4.78 is 24.0. The Hall–Kier alpha value is -2.43. The third kappa shape index (κ3) is 6.37. The number of carbonyl (C=O) groups is 3. The maximum absolute atomic E-state index is 13.2. The smallest absolute Gasteiger partial charge is 0.335 e. The van der Waals surface area contributed by atoms with Crippen molar-refractivity contribution in [1.82, 2.24) is 0 Å². The van der Waals surface area contributed by atoms with Crippen LogP contribution in [-0.4, -0.2) is 122 Å². The minimum absolute atomic E-state index is 0.0834. The number of carbonyl (C=O) groups excluding carboxylic acids is 2. The second-order valence-corrected chi connectivity index (χ2v) is 19.9. The zero-order valence-corrected chi connectivity index (χ0v) is 34.9. The molecule has 5 fully saturated rings. The maximum atomic E-state index is 13.2. The lowest BCUT2D eigenvalue weighted by atomic mass is 9.33. The Labute approximate surface area is 335 Å². The van der Waals surface area contributed by atoms with Gasteiger partial charge in [0.05, 0.1) is 30.8 Å². The summed E-state index contributed by atoms with van der Waals surface area (Å²) >= 11 is 0. The molecule has 14 nitrogen and oxygen atoms in total. The average molecular weight is 807 g/mol. The molecule has 322 valence electrons. The van der Waals surface area contributed by atoms with E-state index in [0.717, 1.165) is 12.0 Å². The van der Waals surface area contributed by atoms with E-state index in [4.69, 9.17) is 18.9 Å². The van der Waals surface area contributed by atoms with Crippen LogP contribution >= 0.6 is 0 Å². The van der Waals surface area contributed by atoms with Crippen LogP contribution in [0.5, 0.6) is 0 Å². The van der Waals surface area contributed by atoms with Crippen molar-refractivity contribution in [2.75, 3.05) is 13.2 Å². The van der Waals surface area contributed by atoms with Crippen molar-refractivity contribution in [2.45, 2.75) is 162 Å². The molecule has 6 aliphatic rings. The summed E-state index contributed by atoms with van der Waals surface area (Å²) in [6.45, 7) is 16.6. The van der Waals surface area contributed by atoms with E-state index in [1.54, 1.807) is 19.9 Å². The van der Waals surface area contributed by atoms with Crippen LogP contribution in [0.15, 0.2) is 23.3 Å². The molecule has 1 heterocycles. The number of ether oxygens (including phenoxy) is 4. The van der Waals surface area contributed by atoms with Crippen LogP contribution in [0, 0.1) is 50.2 Å². The second kappa shape index (κ2) is 14.9. The highest BCUT2D eigenvalue weighted by atomic mass is 16.7. The SMILES string of the molecule is C/C=C(\C)C(=O)O[C@H]1[C@H](OC(C)=O)[C@]2(CO)[C@@H](O)C[C@]3(C)C(=CC[C@@H]4[C@@]5(C)CC[C@H](O[C@@H]6O[C@H](C(=O)O)[C@@H](O)[C@H](O)[C@H]6O)[C@@](C)(CO)C5CC[C@]43C)[C@@H]2CC1(C)C. The van der Waals surface area contributed by atoms with Crippen molar-refractivity contribution in [3.8, 4) is 0 Å². The Morgan fingerprint density at radius 1 is 0.860 bits per heavy atom. The highest BCUT2D eigenvalue weighted by Gasteiger charge is 2.74. The number of rotatable bonds is 8. The van der Waals surface area contributed by atoms with E-state index in [0.29, 0.717) is 37.7 Å². The molecular formula is C43H66O14. The van der Waals surface area contributed by atoms with Crippen molar-refractivity contribution < 1.29 is 69.1 Å². The largest absolute Gasteiger partial charge is 0.479 e. The number of allylic oxidation sites excluding steroid dienone is 3. The van der Waals surface area contributed by atoms with Crippen molar-refractivity contribution >= 4 is 17.9 Å². The molecule has 14 heteroatoms. The molecular weight excluding hydrogens is 740 g/mol. The van der Waals surface area contributed by atoms with Gasteiger partial charge in [0.15, 0.2) is 12.4 Å². The summed E-state index contributed by atoms with van der Waals surface area (Å²) in [4.78, 5) is 37.8. The number of esters is 2. The van der Waals surface area contributed by atoms with E-state index in [1.807, 2.05) is 20.8 Å². The molecule has 57 heavy (non-hydrogen) atoms. The lowest BCUT2D eigenvalue weighted by Crippen LogP contribution is -2.72. The molecule has 7 N–H and O–H groups in total. The minimum atomic E-state index is -1.85. The minimum Gasteiger partial charge on any atom is -0.479 e. The number of carboxylic acids is 1. The summed E-state index contributed by atoms with van der Waals surface area (Å²) in [7, 11) is 0. The Balaban J connectivity index is 1.36. The number of aliphatic carboxylic acids is 1. The van der Waals surface area contributed by atoms with Crippen LogP contribution in [-0.2, 0) is 33.3 Å². The molecule has 1 saturated heterocycles. The van der Waals surface area contributed by atoms with Crippen molar-refractivity contribution in [3.63, 3.8) is 0 Å². The first-order valence-corrected chi connectivity index (χ1v) is 20.6. The van der Waals surface area contributed by atoms with Crippen LogP contribution in [0.4, 0.5) is 0 Å². The number of hydrogen-bond acceptors (Lipinski definition) is 13. The number of hydrogen-bond donors (Lipinski definition) is 7. The van der Waals surface area contributed by atoms with Gasteiger partial charge >= 0.3 is 17.9 Å². The van der Waals surface area contributed by atoms with Gasteiger partial charge in [0.2, 0.25) is 0 Å². The van der Waals surface area contributed by atoms with Gasteiger partial charge in [-0.1, -0.05) is 59.3 Å². The first-order chi connectivity index (χ1) is 26.4. The quantitative estimate of drug-likeness (QED) is 0.0810. The first kappa shape index (κ1) is 44.1. The van der Waals surface area contributed by atoms with Crippen molar-refractivity contribution in [3.05, 3.63) is 23.3 Å². The third-order valence-corrected chi connectivity index (χ3v) is 16.8. The molecule has 0 aromatic heterocycles. The van der Waals surface area contributed by atoms with Crippen LogP contribution in [0.25, 0.3) is 0 Å². The Morgan fingerprint density at radius 2 is 1.53 bits per heavy atom. The topological polar surface area (TPSA) is 230 Å². The zero-order chi connectivity index (χ0) is 42.4. The highest BCUT2D eigenvalue weighted by Crippen LogP contribution is 2.76. The molecule has 1 aliphatic heterocycles. The van der Waals surface area contributed by atoms with Gasteiger partial charge in [-0.15, -0.1) is 0 Å². The van der Waals surface area contributed by atoms with E-state index in [2.05, 4.69) is 26.8 Å². The lowest BCUT2D eigenvalue weighted by molar-refractivity contribution is -0.328. The summed E-state index contributed by atoms with van der Waals surface area (Å²) in [6, 6.07) is 0. The number of aliphatic hydroxyl groups excluding tert-OH is 6. The van der Waals surface area contributed by atoms with Gasteiger partial charge in [-0.3, -0.25) is 4.79 Å². The van der Waals surface area contributed by atoms with Crippen molar-refractivity contribution in [1.29, 1.82) is 0 Å². The molecule has 17 atom stereocenters. The predicted molar refractivity (Wildman–Crippen MR) is 204 cm³/mol. The van der Waals surface area contributed by atoms with Gasteiger partial charge < -0.3 is 54.7 Å². The van der Waals surface area contributed by atoms with Gasteiger partial charge in [0.25, 0.3) is 0 Å². The average Bonchev–Trinajstić information content (AvgIpc) is 3.13. The summed E-state index contributed by atoms with van der Waals surface area (Å²) in [6.07, 6.45) is -4.71. The molecule has 4 saturated carbocycles. The third-order valence-electron chi connectivity index (χ3n) is 16.8. The fourth-order valence-corrected chi connectivity index (χ4v) is 13.3. The fourth-order valence-electron chi connectivity index (χ4n) is 13.3. The molecule has 5 aliphatic carbocycles. The van der Waals surface area contributed by atoms with E-state index < -0.39 is 107 Å². The van der Waals surface area contributed by atoms with Gasteiger partial charge in [0, 0.05) is 23.3 Å². The number of carboxylic acid groups (broad SMARTS) is 1. The Morgan fingerprint density at radius 3 is 2.11 bits per heavy atom. The van der Waals surface area contributed by atoms with E-state index in [9.17, 15) is 50.1 Å². The Bertz CT molecular complexity index is 1660. The maximum Gasteiger partial charge on any atom is 0.335 e. The molecule has 0 aromatic carbocycles. The van der Waals surface area contributed by atoms with Gasteiger partial charge in [0.1, 0.15) is 30.5 Å². The van der Waals surface area contributed by atoms with Gasteiger partial charge in [-0.25, -0.2) is 9.59 Å². The van der Waals surface area contributed by atoms with Crippen LogP contribution in [0.1, 0.15) is 107 Å². The van der Waals surface area contributed by atoms with Crippen LogP contribution in [0.3, 0.4) is 0 Å². The summed E-state index contributed by atoms with van der Waals surface area (Å²) in [5.41, 5.74) is -2.67. The number of aliphatic hydroxyl groups is 6. The molecule has 1 unspecified atom stereocenters. The molecule has 0 bridgehead atoms. The molecule has 6 rings (SSSR count). The first-order valence-electron chi connectivity index (χ1n) is 20.6. The zero-order valence-electron chi connectivity index (χ0n) is 34.9. The standard InChI is InChI=1S/C43H66O14/c1-10-21(2)36(53)57-33-34(54-22(3)46)43(20-45)24(17-38(33,4)5)23-11-12-26-39(6)15-14-28(55-37-31(50)29(48)30(49)32(56-37)35(51)52)40(7,19-44)25(39)13-16-41(26,8)42(23,9)18-27(43)47/h10-11,24-34,37,44-45,47-50H,12-20H2,1-9H3,(H,51,52)/b21-10+/t24-,25?,26+,27-,28-,29-,30-,31+,32-,33-,34-,37+,39-,40-,41+,42+,43-/m0/s1. The Kier molecular flexibility index (Phi) is 11.6. The summed E-state index contributed by atoms with van der Waals surface area (Å²) in [5, 5.41) is 76.3. The lowest BCUT2D eigenvalue weighted by Gasteiger charge is -2.72. The van der Waals surface area contributed by atoms with E-state index in [-0.39, 0.29) is 35.7 Å². The van der Waals surface area contributed by atoms with Gasteiger partial charge in [-0.2, -0.15) is 0 Å².